The number of pyridine rings is 1. The van der Waals surface area contributed by atoms with Crippen molar-refractivity contribution in [1.82, 2.24) is 39.7 Å². The maximum absolute atomic E-state index is 13.8. The molecule has 2 aromatic carbocycles. The molecule has 290 valence electrons. The Bertz CT molecular complexity index is 2100. The van der Waals surface area contributed by atoms with Gasteiger partial charge in [0.25, 0.3) is 0 Å². The highest BCUT2D eigenvalue weighted by Crippen LogP contribution is 2.39. The van der Waals surface area contributed by atoms with Crippen LogP contribution in [-0.4, -0.2) is 86.2 Å². The monoisotopic (exact) mass is 746 g/mol. The average Bonchev–Trinajstić information content (AvgIpc) is 3.81. The van der Waals surface area contributed by atoms with E-state index < -0.39 is 0 Å². The number of hydrogen-bond acceptors (Lipinski definition) is 9. The number of urea groups is 1. The standard InChI is InChI=1S/C42H54N10O3/c1-29-10-8-9-21-50(29)41-46-45-38-20-17-32(28-51(38)41)55-36-19-18-35(33-11-6-7-12-34(33)36)43-40(53)44-39-26-37(42(2,3)4)47-52(39)31-15-13-30(14-16-31)27-48-22-24-49(54-5)25-23-48/h6-7,11-17,20,26,28-29,35-36H,8-10,18-19,21-25,27H2,1-5H3,(H2,43,44,53)/t29-,35-,36+/m0/s1. The van der Waals surface area contributed by atoms with Crippen LogP contribution in [0.2, 0.25) is 0 Å². The average molecular weight is 747 g/mol. The van der Waals surface area contributed by atoms with E-state index in [0.717, 1.165) is 105 Å². The molecule has 3 aromatic heterocycles. The first-order chi connectivity index (χ1) is 26.6. The van der Waals surface area contributed by atoms with Gasteiger partial charge in [0, 0.05) is 56.8 Å². The summed E-state index contributed by atoms with van der Waals surface area (Å²) in [7, 11) is 1.73. The van der Waals surface area contributed by atoms with Crippen LogP contribution in [0.1, 0.15) is 94.3 Å². The molecule has 3 aliphatic rings. The minimum Gasteiger partial charge on any atom is -0.484 e. The van der Waals surface area contributed by atoms with E-state index in [1.54, 1.807) is 7.11 Å². The fourth-order valence-corrected chi connectivity index (χ4v) is 8.12. The Balaban J connectivity index is 0.958. The highest BCUT2D eigenvalue weighted by atomic mass is 16.7. The molecule has 5 aromatic rings. The van der Waals surface area contributed by atoms with Crippen molar-refractivity contribution >= 4 is 23.4 Å². The first-order valence-corrected chi connectivity index (χ1v) is 19.8. The summed E-state index contributed by atoms with van der Waals surface area (Å²) in [6.45, 7) is 14.2. The van der Waals surface area contributed by atoms with Gasteiger partial charge in [-0.25, -0.2) is 9.48 Å². The molecule has 0 radical (unpaired) electrons. The van der Waals surface area contributed by atoms with Crippen molar-refractivity contribution < 1.29 is 14.4 Å². The molecule has 0 bridgehead atoms. The van der Waals surface area contributed by atoms with Crippen molar-refractivity contribution in [3.63, 3.8) is 0 Å². The van der Waals surface area contributed by atoms with Crippen molar-refractivity contribution in [2.24, 2.45) is 0 Å². The van der Waals surface area contributed by atoms with Gasteiger partial charge in [-0.2, -0.15) is 10.2 Å². The molecule has 13 heteroatoms. The van der Waals surface area contributed by atoms with Gasteiger partial charge in [0.1, 0.15) is 17.7 Å². The lowest BCUT2D eigenvalue weighted by atomic mass is 9.85. The Morgan fingerprint density at radius 1 is 0.891 bits per heavy atom. The first-order valence-electron chi connectivity index (χ1n) is 19.8. The predicted molar refractivity (Wildman–Crippen MR) is 214 cm³/mol. The number of piperazine rings is 1. The maximum Gasteiger partial charge on any atom is 0.320 e. The molecular formula is C42H54N10O3. The van der Waals surface area contributed by atoms with Gasteiger partial charge >= 0.3 is 6.03 Å². The number of hydroxylamine groups is 2. The normalized spacial score (nSPS) is 21.0. The first kappa shape index (κ1) is 37.0. The minimum atomic E-state index is -0.273. The molecule has 0 spiro atoms. The van der Waals surface area contributed by atoms with Crippen molar-refractivity contribution in [2.75, 3.05) is 50.1 Å². The quantitative estimate of drug-likeness (QED) is 0.164. The minimum absolute atomic E-state index is 0.155. The zero-order chi connectivity index (χ0) is 38.1. The Morgan fingerprint density at radius 2 is 1.67 bits per heavy atom. The van der Waals surface area contributed by atoms with E-state index in [4.69, 9.17) is 14.7 Å². The van der Waals surface area contributed by atoms with Gasteiger partial charge in [-0.15, -0.1) is 10.2 Å². The summed E-state index contributed by atoms with van der Waals surface area (Å²) in [5.41, 5.74) is 5.77. The molecule has 2 amide bonds. The molecule has 5 heterocycles. The van der Waals surface area contributed by atoms with Gasteiger partial charge in [-0.05, 0) is 80.0 Å². The molecule has 0 saturated carbocycles. The summed E-state index contributed by atoms with van der Waals surface area (Å²) in [4.78, 5) is 24.0. The lowest BCUT2D eigenvalue weighted by Gasteiger charge is -2.33. The van der Waals surface area contributed by atoms with Crippen LogP contribution in [0.25, 0.3) is 11.3 Å². The number of fused-ring (bicyclic) bond motifs is 2. The van der Waals surface area contributed by atoms with Crippen LogP contribution in [-0.2, 0) is 16.8 Å². The number of aromatic nitrogens is 5. The molecule has 13 nitrogen and oxygen atoms in total. The number of anilines is 2. The van der Waals surface area contributed by atoms with Crippen LogP contribution in [0.4, 0.5) is 16.6 Å². The molecule has 2 aliphatic heterocycles. The second-order valence-corrected chi connectivity index (χ2v) is 16.2. The SMILES string of the molecule is CON1CCN(Cc2ccc(-n3nc(C(C)(C)C)cc3NC(=O)N[C@H]3CC[C@@H](Oc4ccc5nnc(N6CCCC[C@@H]6C)n5c4)c4ccccc43)cc2)CC1. The summed E-state index contributed by atoms with van der Waals surface area (Å²) in [5.74, 6) is 2.26. The van der Waals surface area contributed by atoms with E-state index in [2.05, 4.69) is 99.1 Å². The van der Waals surface area contributed by atoms with E-state index in [-0.39, 0.29) is 23.6 Å². The van der Waals surface area contributed by atoms with Crippen LogP contribution in [0.3, 0.4) is 0 Å². The highest BCUT2D eigenvalue weighted by Gasteiger charge is 2.31. The summed E-state index contributed by atoms with van der Waals surface area (Å²) in [5, 5.41) is 22.4. The fourth-order valence-electron chi connectivity index (χ4n) is 8.12. The van der Waals surface area contributed by atoms with Gasteiger partial charge in [0.2, 0.25) is 5.95 Å². The molecule has 0 unspecified atom stereocenters. The van der Waals surface area contributed by atoms with Crippen LogP contribution in [0, 0.1) is 0 Å². The number of piperidine rings is 1. The third-order valence-corrected chi connectivity index (χ3v) is 11.3. The largest absolute Gasteiger partial charge is 0.484 e. The number of nitrogens with one attached hydrogen (secondary N) is 2. The smallest absolute Gasteiger partial charge is 0.320 e. The summed E-state index contributed by atoms with van der Waals surface area (Å²) in [6, 6.07) is 22.6. The number of rotatable bonds is 9. The number of nitrogens with zero attached hydrogens (tertiary/aromatic N) is 8. The molecule has 2 fully saturated rings. The van der Waals surface area contributed by atoms with E-state index in [9.17, 15) is 4.79 Å². The summed E-state index contributed by atoms with van der Waals surface area (Å²) < 4.78 is 10.6. The Kier molecular flexibility index (Phi) is 10.5. The van der Waals surface area contributed by atoms with Crippen LogP contribution >= 0.6 is 0 Å². The number of carbonyl (C=O) groups is 1. The zero-order valence-corrected chi connectivity index (χ0v) is 32.7. The van der Waals surface area contributed by atoms with Gasteiger partial charge in [0.15, 0.2) is 5.65 Å². The topological polar surface area (TPSA) is 117 Å². The number of carbonyl (C=O) groups excluding carboxylic acids is 1. The maximum atomic E-state index is 13.8. The molecule has 1 aliphatic carbocycles. The number of ether oxygens (including phenoxy) is 1. The Hall–Kier alpha value is -4.98. The molecular weight excluding hydrogens is 693 g/mol. The van der Waals surface area contributed by atoms with E-state index in [0.29, 0.717) is 11.9 Å². The Labute approximate surface area is 323 Å². The van der Waals surface area contributed by atoms with Crippen LogP contribution in [0.5, 0.6) is 5.75 Å². The molecule has 55 heavy (non-hydrogen) atoms. The molecule has 2 N–H and O–H groups in total. The second-order valence-electron chi connectivity index (χ2n) is 16.2. The molecule has 3 atom stereocenters. The lowest BCUT2D eigenvalue weighted by molar-refractivity contribution is -0.152. The van der Waals surface area contributed by atoms with Gasteiger partial charge in [-0.1, -0.05) is 57.2 Å². The third kappa shape index (κ3) is 8.05. The van der Waals surface area contributed by atoms with E-state index >= 15 is 0 Å². The molecule has 2 saturated heterocycles. The van der Waals surface area contributed by atoms with Crippen LogP contribution in [0.15, 0.2) is 72.9 Å². The molecule has 8 rings (SSSR count). The lowest BCUT2D eigenvalue weighted by Crippen LogP contribution is -2.45. The predicted octanol–water partition coefficient (Wildman–Crippen LogP) is 7.05. The van der Waals surface area contributed by atoms with Gasteiger partial charge in [-0.3, -0.25) is 14.6 Å². The van der Waals surface area contributed by atoms with Crippen LogP contribution < -0.4 is 20.3 Å². The summed E-state index contributed by atoms with van der Waals surface area (Å²) >= 11 is 0. The second kappa shape index (κ2) is 15.6. The van der Waals surface area contributed by atoms with Crippen molar-refractivity contribution in [3.8, 4) is 11.4 Å². The number of benzene rings is 2. The zero-order valence-electron chi connectivity index (χ0n) is 32.7. The van der Waals surface area contributed by atoms with Gasteiger partial charge in [0.05, 0.1) is 30.7 Å². The number of hydrogen-bond donors (Lipinski definition) is 2. The van der Waals surface area contributed by atoms with Crippen molar-refractivity contribution in [1.29, 1.82) is 0 Å². The number of amides is 2. The van der Waals surface area contributed by atoms with Crippen molar-refractivity contribution in [2.45, 2.75) is 89.9 Å². The van der Waals surface area contributed by atoms with Crippen molar-refractivity contribution in [3.05, 3.63) is 95.3 Å². The highest BCUT2D eigenvalue weighted by molar-refractivity contribution is 5.89. The third-order valence-electron chi connectivity index (χ3n) is 11.3. The summed E-state index contributed by atoms with van der Waals surface area (Å²) in [6.07, 6.45) is 6.89. The fraction of sp³-hybridized carbons (Fsp3) is 0.476. The van der Waals surface area contributed by atoms with E-state index in [1.807, 2.05) is 46.3 Å². The van der Waals surface area contributed by atoms with E-state index in [1.165, 1.54) is 12.0 Å². The van der Waals surface area contributed by atoms with Gasteiger partial charge < -0.3 is 19.8 Å². The Morgan fingerprint density at radius 3 is 2.42 bits per heavy atom.